The van der Waals surface area contributed by atoms with E-state index in [0.717, 1.165) is 11.4 Å². The summed E-state index contributed by atoms with van der Waals surface area (Å²) in [5.74, 6) is -0.550. The van der Waals surface area contributed by atoms with Crippen molar-refractivity contribution in [2.24, 2.45) is 10.8 Å². The molecule has 37 heavy (non-hydrogen) atoms. The Morgan fingerprint density at radius 3 is 1.78 bits per heavy atom. The minimum atomic E-state index is -4.12. The standard InChI is InChI=1S/C30H33NO5S/c1-29(2)15-21-27(23(32)17-29)26(28-22(31(21)5)16-30(3,4)18-24(28)33)20-13-9-10-14-25(20)36-37(34,35)19-11-7-6-8-12-19/h6-14,26H,15-18H2,1-5H3. The Balaban J connectivity index is 1.71. The molecule has 5 rings (SSSR count). The summed E-state index contributed by atoms with van der Waals surface area (Å²) in [7, 11) is -2.17. The highest BCUT2D eigenvalue weighted by Gasteiger charge is 2.48. The molecule has 0 unspecified atom stereocenters. The summed E-state index contributed by atoms with van der Waals surface area (Å²) in [5.41, 5.74) is 3.09. The molecule has 3 aliphatic rings. The van der Waals surface area contributed by atoms with E-state index in [9.17, 15) is 18.0 Å². The molecule has 2 aliphatic carbocycles. The number of carbonyl (C=O) groups excluding carboxylic acids is 2. The molecule has 0 fully saturated rings. The molecule has 2 aromatic rings. The van der Waals surface area contributed by atoms with Gasteiger partial charge in [-0.1, -0.05) is 64.1 Å². The Morgan fingerprint density at radius 1 is 0.757 bits per heavy atom. The summed E-state index contributed by atoms with van der Waals surface area (Å²) in [6, 6.07) is 14.9. The second-order valence-electron chi connectivity index (χ2n) is 12.0. The van der Waals surface area contributed by atoms with Crippen LogP contribution in [0.15, 0.2) is 82.0 Å². The van der Waals surface area contributed by atoms with Crippen LogP contribution in [0.2, 0.25) is 0 Å². The third kappa shape index (κ3) is 4.54. The van der Waals surface area contributed by atoms with E-state index in [1.54, 1.807) is 42.5 Å². The molecular weight excluding hydrogens is 486 g/mol. The Kier molecular flexibility index (Phi) is 5.98. The molecule has 0 bridgehead atoms. The Hall–Kier alpha value is -3.19. The molecular formula is C30H33NO5S. The van der Waals surface area contributed by atoms with Crippen LogP contribution in [0.3, 0.4) is 0 Å². The van der Waals surface area contributed by atoms with Crippen LogP contribution in [0.4, 0.5) is 0 Å². The Bertz CT molecular complexity index is 1410. The third-order valence-electron chi connectivity index (χ3n) is 7.64. The lowest BCUT2D eigenvalue weighted by molar-refractivity contribution is -0.119. The zero-order valence-electron chi connectivity index (χ0n) is 22.0. The molecule has 0 aromatic heterocycles. The van der Waals surface area contributed by atoms with Crippen LogP contribution >= 0.6 is 0 Å². The minimum absolute atomic E-state index is 0.00648. The van der Waals surface area contributed by atoms with Crippen molar-refractivity contribution >= 4 is 21.7 Å². The first kappa shape index (κ1) is 25.5. The van der Waals surface area contributed by atoms with Gasteiger partial charge in [0.2, 0.25) is 0 Å². The summed E-state index contributed by atoms with van der Waals surface area (Å²) < 4.78 is 32.0. The van der Waals surface area contributed by atoms with E-state index in [1.165, 1.54) is 12.1 Å². The van der Waals surface area contributed by atoms with Crippen molar-refractivity contribution in [2.45, 2.75) is 64.2 Å². The van der Waals surface area contributed by atoms with Crippen LogP contribution in [0.25, 0.3) is 0 Å². The van der Waals surface area contributed by atoms with Gasteiger partial charge in [0.1, 0.15) is 10.6 Å². The fourth-order valence-electron chi connectivity index (χ4n) is 6.02. The molecule has 6 nitrogen and oxygen atoms in total. The lowest BCUT2D eigenvalue weighted by Gasteiger charge is -2.48. The van der Waals surface area contributed by atoms with Crippen LogP contribution in [0.5, 0.6) is 5.75 Å². The minimum Gasteiger partial charge on any atom is -0.379 e. The molecule has 0 amide bonds. The summed E-state index contributed by atoms with van der Waals surface area (Å²) in [5, 5.41) is 0. The van der Waals surface area contributed by atoms with Crippen molar-refractivity contribution in [1.82, 2.24) is 4.90 Å². The van der Waals surface area contributed by atoms with Gasteiger partial charge >= 0.3 is 10.1 Å². The van der Waals surface area contributed by atoms with Crippen LogP contribution in [0, 0.1) is 10.8 Å². The van der Waals surface area contributed by atoms with Gasteiger partial charge in [-0.3, -0.25) is 9.59 Å². The first-order chi connectivity index (χ1) is 17.3. The number of carbonyl (C=O) groups is 2. The third-order valence-corrected chi connectivity index (χ3v) is 8.89. The molecule has 0 atom stereocenters. The molecule has 2 aromatic carbocycles. The van der Waals surface area contributed by atoms with Crippen molar-refractivity contribution in [3.8, 4) is 5.75 Å². The second-order valence-corrected chi connectivity index (χ2v) is 13.5. The predicted molar refractivity (Wildman–Crippen MR) is 141 cm³/mol. The van der Waals surface area contributed by atoms with Gasteiger partial charge in [0.15, 0.2) is 11.6 Å². The average Bonchev–Trinajstić information content (AvgIpc) is 2.80. The van der Waals surface area contributed by atoms with E-state index in [2.05, 4.69) is 32.6 Å². The van der Waals surface area contributed by atoms with Gasteiger partial charge in [0.25, 0.3) is 0 Å². The normalized spacial score (nSPS) is 21.6. The second kappa shape index (κ2) is 8.69. The maximum Gasteiger partial charge on any atom is 0.339 e. The maximum atomic E-state index is 13.7. The first-order valence-corrected chi connectivity index (χ1v) is 14.1. The van der Waals surface area contributed by atoms with E-state index in [0.29, 0.717) is 42.4 Å². The molecule has 0 radical (unpaired) electrons. The van der Waals surface area contributed by atoms with Gasteiger partial charge in [0, 0.05) is 53.9 Å². The summed E-state index contributed by atoms with van der Waals surface area (Å²) >= 11 is 0. The molecule has 0 N–H and O–H groups in total. The zero-order valence-corrected chi connectivity index (χ0v) is 22.8. The van der Waals surface area contributed by atoms with Gasteiger partial charge in [-0.25, -0.2) is 0 Å². The van der Waals surface area contributed by atoms with E-state index in [-0.39, 0.29) is 33.0 Å². The monoisotopic (exact) mass is 519 g/mol. The summed E-state index contributed by atoms with van der Waals surface area (Å²) in [6.07, 6.45) is 2.11. The van der Waals surface area contributed by atoms with Crippen molar-refractivity contribution < 1.29 is 22.2 Å². The molecule has 1 heterocycles. The van der Waals surface area contributed by atoms with Gasteiger partial charge < -0.3 is 9.08 Å². The number of rotatable bonds is 4. The largest absolute Gasteiger partial charge is 0.379 e. The van der Waals surface area contributed by atoms with Gasteiger partial charge in [0.05, 0.1) is 0 Å². The SMILES string of the molecule is CN1C2=C(C(=O)CC(C)(C)C2)C(c2ccccc2OS(=O)(=O)c2ccccc2)C2=C1CC(C)(C)CC2=O. The predicted octanol–water partition coefficient (Wildman–Crippen LogP) is 5.77. The van der Waals surface area contributed by atoms with Crippen LogP contribution in [-0.4, -0.2) is 31.9 Å². The van der Waals surface area contributed by atoms with Crippen molar-refractivity contribution in [2.75, 3.05) is 7.05 Å². The molecule has 7 heteroatoms. The highest BCUT2D eigenvalue weighted by atomic mass is 32.2. The summed E-state index contributed by atoms with van der Waals surface area (Å²) in [6.45, 7) is 8.34. The van der Waals surface area contributed by atoms with Gasteiger partial charge in [-0.15, -0.1) is 0 Å². The summed E-state index contributed by atoms with van der Waals surface area (Å²) in [4.78, 5) is 29.5. The first-order valence-electron chi connectivity index (χ1n) is 12.6. The number of Topliss-reactive ketones (excluding diaryl/α,β-unsaturated/α-hetero) is 2. The quantitative estimate of drug-likeness (QED) is 0.477. The fraction of sp³-hybridized carbons (Fsp3) is 0.400. The molecule has 194 valence electrons. The molecule has 1 aliphatic heterocycles. The lowest BCUT2D eigenvalue weighted by atomic mass is 9.63. The van der Waals surface area contributed by atoms with Crippen molar-refractivity contribution in [1.29, 1.82) is 0 Å². The maximum absolute atomic E-state index is 13.7. The molecule has 0 saturated carbocycles. The average molecular weight is 520 g/mol. The Labute approximate surface area is 219 Å². The Morgan fingerprint density at radius 2 is 1.24 bits per heavy atom. The number of nitrogens with zero attached hydrogens (tertiary/aromatic N) is 1. The van der Waals surface area contributed by atoms with Crippen LogP contribution in [0.1, 0.15) is 64.9 Å². The van der Waals surface area contributed by atoms with Crippen LogP contribution in [-0.2, 0) is 19.7 Å². The van der Waals surface area contributed by atoms with Crippen molar-refractivity contribution in [3.05, 3.63) is 82.7 Å². The number of ketones is 2. The van der Waals surface area contributed by atoms with E-state index < -0.39 is 16.0 Å². The van der Waals surface area contributed by atoms with Gasteiger partial charge in [-0.2, -0.15) is 8.42 Å². The van der Waals surface area contributed by atoms with Crippen molar-refractivity contribution in [3.63, 3.8) is 0 Å². The van der Waals surface area contributed by atoms with Gasteiger partial charge in [-0.05, 0) is 41.9 Å². The number of hydrogen-bond donors (Lipinski definition) is 0. The number of hydrogen-bond acceptors (Lipinski definition) is 6. The number of para-hydroxylation sites is 1. The topological polar surface area (TPSA) is 80.8 Å². The smallest absolute Gasteiger partial charge is 0.339 e. The van der Waals surface area contributed by atoms with E-state index >= 15 is 0 Å². The number of allylic oxidation sites excluding steroid dienone is 4. The lowest BCUT2D eigenvalue weighted by Crippen LogP contribution is -2.43. The zero-order chi connectivity index (χ0) is 26.8. The number of benzene rings is 2. The van der Waals surface area contributed by atoms with E-state index in [4.69, 9.17) is 4.18 Å². The molecule has 0 saturated heterocycles. The fourth-order valence-corrected chi connectivity index (χ4v) is 7.00. The van der Waals surface area contributed by atoms with Crippen LogP contribution < -0.4 is 4.18 Å². The highest BCUT2D eigenvalue weighted by Crippen LogP contribution is 2.55. The highest BCUT2D eigenvalue weighted by molar-refractivity contribution is 7.87. The molecule has 0 spiro atoms. The van der Waals surface area contributed by atoms with E-state index in [1.807, 2.05) is 7.05 Å².